The SMILES string of the molecule is CC1(C)C2=C(C=CNC2)C2=C1c1ccccc1N(c1cc(C3=c4oc5ccncc5c4=CNC3)cc(-c3ccccc3)c1)c1ccccc12. The summed E-state index contributed by atoms with van der Waals surface area (Å²) < 4.78 is 6.56. The van der Waals surface area contributed by atoms with Gasteiger partial charge >= 0.3 is 0 Å². The van der Waals surface area contributed by atoms with Crippen LogP contribution in [0.5, 0.6) is 0 Å². The molecule has 5 heterocycles. The van der Waals surface area contributed by atoms with E-state index in [1.165, 1.54) is 50.4 Å². The van der Waals surface area contributed by atoms with E-state index in [9.17, 15) is 0 Å². The van der Waals surface area contributed by atoms with Crippen LogP contribution in [-0.2, 0) is 0 Å². The second kappa shape index (κ2) is 10.5. The number of para-hydroxylation sites is 2. The van der Waals surface area contributed by atoms with Gasteiger partial charge in [-0.1, -0.05) is 80.6 Å². The number of allylic oxidation sites excluding steroid dienone is 4. The van der Waals surface area contributed by atoms with Crippen molar-refractivity contribution in [2.24, 2.45) is 5.41 Å². The first-order valence-corrected chi connectivity index (χ1v) is 17.0. The monoisotopic (exact) mass is 634 g/mol. The van der Waals surface area contributed by atoms with Gasteiger partial charge in [0.2, 0.25) is 0 Å². The molecule has 1 aliphatic carbocycles. The van der Waals surface area contributed by atoms with Crippen LogP contribution in [0.3, 0.4) is 0 Å². The Balaban J connectivity index is 1.28. The third-order valence-corrected chi connectivity index (χ3v) is 10.7. The molecular formula is C44H34N4O. The van der Waals surface area contributed by atoms with E-state index in [1.807, 2.05) is 12.3 Å². The van der Waals surface area contributed by atoms with E-state index < -0.39 is 0 Å². The number of benzene rings is 4. The van der Waals surface area contributed by atoms with E-state index in [4.69, 9.17) is 4.42 Å². The average molecular weight is 635 g/mol. The van der Waals surface area contributed by atoms with Gasteiger partial charge in [-0.3, -0.25) is 4.98 Å². The fraction of sp³-hybridized carbons (Fsp3) is 0.114. The van der Waals surface area contributed by atoms with Crippen molar-refractivity contribution in [2.75, 3.05) is 18.0 Å². The minimum Gasteiger partial charge on any atom is -0.456 e. The Labute approximate surface area is 284 Å². The Morgan fingerprint density at radius 1 is 0.755 bits per heavy atom. The molecule has 5 nitrogen and oxygen atoms in total. The number of pyridine rings is 1. The summed E-state index contributed by atoms with van der Waals surface area (Å²) in [6.45, 7) is 6.29. The van der Waals surface area contributed by atoms with Crippen LogP contribution >= 0.6 is 0 Å². The predicted octanol–water partition coefficient (Wildman–Crippen LogP) is 8.18. The van der Waals surface area contributed by atoms with E-state index in [1.54, 1.807) is 6.20 Å². The van der Waals surface area contributed by atoms with E-state index in [2.05, 4.69) is 150 Å². The average Bonchev–Trinajstić information content (AvgIpc) is 3.59. The topological polar surface area (TPSA) is 53.3 Å². The minimum atomic E-state index is -0.147. The highest BCUT2D eigenvalue weighted by atomic mass is 16.3. The second-order valence-corrected chi connectivity index (χ2v) is 13.7. The van der Waals surface area contributed by atoms with Gasteiger partial charge in [0.05, 0.1) is 11.4 Å². The molecule has 0 amide bonds. The summed E-state index contributed by atoms with van der Waals surface area (Å²) in [7, 11) is 0. The van der Waals surface area contributed by atoms with Crippen molar-refractivity contribution in [3.05, 3.63) is 166 Å². The molecule has 3 aliphatic heterocycles. The Morgan fingerprint density at radius 2 is 1.51 bits per heavy atom. The van der Waals surface area contributed by atoms with Crippen molar-refractivity contribution in [3.8, 4) is 11.1 Å². The van der Waals surface area contributed by atoms with Crippen molar-refractivity contribution in [3.63, 3.8) is 0 Å². The lowest BCUT2D eigenvalue weighted by molar-refractivity contribution is 0.568. The Bertz CT molecular complexity index is 2590. The maximum Gasteiger partial charge on any atom is 0.142 e. The Morgan fingerprint density at radius 3 is 2.37 bits per heavy atom. The summed E-state index contributed by atoms with van der Waals surface area (Å²) >= 11 is 0. The van der Waals surface area contributed by atoms with Gasteiger partial charge in [-0.15, -0.1) is 0 Å². The smallest absolute Gasteiger partial charge is 0.142 e. The highest BCUT2D eigenvalue weighted by Crippen LogP contribution is 2.61. The molecule has 236 valence electrons. The third-order valence-electron chi connectivity index (χ3n) is 10.7. The van der Waals surface area contributed by atoms with Gasteiger partial charge in [0.1, 0.15) is 11.0 Å². The number of aromatic nitrogens is 1. The zero-order chi connectivity index (χ0) is 32.7. The zero-order valence-electron chi connectivity index (χ0n) is 27.4. The molecule has 49 heavy (non-hydrogen) atoms. The van der Waals surface area contributed by atoms with Crippen LogP contribution in [0.2, 0.25) is 0 Å². The molecule has 2 aromatic heterocycles. The van der Waals surface area contributed by atoms with Crippen molar-refractivity contribution in [1.29, 1.82) is 0 Å². The Kier molecular flexibility index (Phi) is 5.98. The summed E-state index contributed by atoms with van der Waals surface area (Å²) in [5, 5.41) is 9.10. The third kappa shape index (κ3) is 4.08. The number of nitrogens with zero attached hydrogens (tertiary/aromatic N) is 2. The molecule has 0 unspecified atom stereocenters. The van der Waals surface area contributed by atoms with Crippen LogP contribution in [0.1, 0.15) is 30.5 Å². The lowest BCUT2D eigenvalue weighted by Crippen LogP contribution is -2.34. The number of nitrogens with one attached hydrogen (secondary N) is 2. The number of hydrogen-bond acceptors (Lipinski definition) is 5. The Hall–Kier alpha value is -6.07. The fourth-order valence-electron chi connectivity index (χ4n) is 8.42. The van der Waals surface area contributed by atoms with Crippen molar-refractivity contribution >= 4 is 51.0 Å². The van der Waals surface area contributed by atoms with E-state index >= 15 is 0 Å². The lowest BCUT2D eigenvalue weighted by atomic mass is 9.76. The van der Waals surface area contributed by atoms with Gasteiger partial charge in [-0.05, 0) is 87.7 Å². The molecule has 4 aromatic carbocycles. The fourth-order valence-corrected chi connectivity index (χ4v) is 8.42. The summed E-state index contributed by atoms with van der Waals surface area (Å²) in [5.41, 5.74) is 17.6. The van der Waals surface area contributed by atoms with E-state index in [-0.39, 0.29) is 5.41 Å². The van der Waals surface area contributed by atoms with Crippen LogP contribution in [0.4, 0.5) is 17.1 Å². The number of dihydropyridines is 1. The zero-order valence-corrected chi connectivity index (χ0v) is 27.4. The van der Waals surface area contributed by atoms with Crippen LogP contribution in [-0.4, -0.2) is 18.1 Å². The van der Waals surface area contributed by atoms with Crippen molar-refractivity contribution < 1.29 is 4.42 Å². The van der Waals surface area contributed by atoms with Gasteiger partial charge in [0.15, 0.2) is 0 Å². The lowest BCUT2D eigenvalue weighted by Gasteiger charge is -2.32. The molecule has 4 aliphatic rings. The number of fused-ring (bicyclic) bond motifs is 8. The summed E-state index contributed by atoms with van der Waals surface area (Å²) in [5.74, 6) is 0. The van der Waals surface area contributed by atoms with Crippen LogP contribution < -0.4 is 26.2 Å². The van der Waals surface area contributed by atoms with Crippen LogP contribution in [0.15, 0.2) is 143 Å². The van der Waals surface area contributed by atoms with Gasteiger partial charge < -0.3 is 20.0 Å². The highest BCUT2D eigenvalue weighted by Gasteiger charge is 2.44. The summed E-state index contributed by atoms with van der Waals surface area (Å²) in [6.07, 6.45) is 10.1. The van der Waals surface area contributed by atoms with E-state index in [0.717, 1.165) is 50.5 Å². The summed E-state index contributed by atoms with van der Waals surface area (Å²) in [6, 6.07) is 37.5. The first kappa shape index (κ1) is 28.0. The molecule has 5 heteroatoms. The molecule has 0 atom stereocenters. The number of hydrogen-bond donors (Lipinski definition) is 2. The van der Waals surface area contributed by atoms with Crippen LogP contribution in [0, 0.1) is 5.41 Å². The molecule has 0 radical (unpaired) electrons. The number of furan rings is 1. The number of anilines is 3. The molecule has 0 saturated heterocycles. The molecule has 0 saturated carbocycles. The van der Waals surface area contributed by atoms with E-state index in [0.29, 0.717) is 6.54 Å². The minimum absolute atomic E-state index is 0.147. The molecule has 0 fully saturated rings. The largest absolute Gasteiger partial charge is 0.456 e. The molecule has 2 N–H and O–H groups in total. The predicted molar refractivity (Wildman–Crippen MR) is 200 cm³/mol. The maximum absolute atomic E-state index is 6.56. The van der Waals surface area contributed by atoms with Crippen molar-refractivity contribution in [1.82, 2.24) is 15.6 Å². The van der Waals surface area contributed by atoms with Gasteiger partial charge in [0, 0.05) is 70.1 Å². The quantitative estimate of drug-likeness (QED) is 0.206. The molecule has 6 aromatic rings. The number of rotatable bonds is 3. The van der Waals surface area contributed by atoms with Gasteiger partial charge in [-0.2, -0.15) is 0 Å². The standard InChI is InChI=1S/C44H34N4O/c1-44(2)37-26-46-18-16-31(37)41-32-12-6-8-14-38(32)48(39-15-9-7-13-33(39)42(41)44)30-21-28(27-10-4-3-5-11-27)20-29(22-30)34-23-47-25-36-35-24-45-19-17-40(35)49-43(34)36/h3-22,24-25,46-47H,23,26H2,1-2H3. The first-order chi connectivity index (χ1) is 24.1. The van der Waals surface area contributed by atoms with Gasteiger partial charge in [-0.25, -0.2) is 0 Å². The first-order valence-electron chi connectivity index (χ1n) is 17.0. The second-order valence-electron chi connectivity index (χ2n) is 13.7. The normalized spacial score (nSPS) is 16.9. The summed E-state index contributed by atoms with van der Waals surface area (Å²) in [4.78, 5) is 6.87. The maximum atomic E-state index is 6.56. The molecule has 10 rings (SSSR count). The highest BCUT2D eigenvalue weighted by molar-refractivity contribution is 6.13. The van der Waals surface area contributed by atoms with Gasteiger partial charge in [0.25, 0.3) is 0 Å². The molecular weight excluding hydrogens is 601 g/mol. The van der Waals surface area contributed by atoms with Crippen LogP contribution in [0.25, 0.3) is 45.0 Å². The van der Waals surface area contributed by atoms with Crippen molar-refractivity contribution in [2.45, 2.75) is 13.8 Å². The molecule has 0 bridgehead atoms. The molecule has 0 spiro atoms.